The summed E-state index contributed by atoms with van der Waals surface area (Å²) in [7, 11) is 0. The highest BCUT2D eigenvalue weighted by Crippen LogP contribution is 2.23. The molecule has 0 saturated heterocycles. The van der Waals surface area contributed by atoms with E-state index in [4.69, 9.17) is 0 Å². The zero-order chi connectivity index (χ0) is 19.8. The molecular formula is C19H22N8O. The van der Waals surface area contributed by atoms with Crippen molar-refractivity contribution in [3.05, 3.63) is 48.6 Å². The van der Waals surface area contributed by atoms with E-state index in [1.165, 1.54) is 0 Å². The second kappa shape index (κ2) is 7.01. The predicted octanol–water partition coefficient (Wildman–Crippen LogP) is 3.09. The van der Waals surface area contributed by atoms with Crippen LogP contribution in [0.2, 0.25) is 0 Å². The van der Waals surface area contributed by atoms with E-state index in [0.29, 0.717) is 29.3 Å². The molecular weight excluding hydrogens is 356 g/mol. The van der Waals surface area contributed by atoms with Crippen LogP contribution in [0.1, 0.15) is 44.4 Å². The summed E-state index contributed by atoms with van der Waals surface area (Å²) in [5.74, 6) is 2.70. The zero-order valence-corrected chi connectivity index (χ0v) is 16.2. The Morgan fingerprint density at radius 2 is 1.89 bits per heavy atom. The van der Waals surface area contributed by atoms with Gasteiger partial charge in [-0.05, 0) is 33.8 Å². The van der Waals surface area contributed by atoms with Crippen molar-refractivity contribution in [3.8, 4) is 5.95 Å². The third-order valence-electron chi connectivity index (χ3n) is 4.43. The second-order valence-corrected chi connectivity index (χ2v) is 6.93. The highest BCUT2D eigenvalue weighted by molar-refractivity contribution is 5.79. The zero-order valence-electron chi connectivity index (χ0n) is 16.2. The van der Waals surface area contributed by atoms with Crippen LogP contribution in [-0.2, 0) is 0 Å². The van der Waals surface area contributed by atoms with Crippen molar-refractivity contribution in [2.75, 3.05) is 5.32 Å². The quantitative estimate of drug-likeness (QED) is 0.549. The van der Waals surface area contributed by atoms with Crippen LogP contribution in [0.25, 0.3) is 17.0 Å². The van der Waals surface area contributed by atoms with E-state index in [1.807, 2.05) is 13.0 Å². The third-order valence-corrected chi connectivity index (χ3v) is 4.43. The standard InChI is InChI=1S/C19H22N8O/c1-11(2)27-13(4)23-14-8-21-18(7-16(14)27)24-17-5-6-20-19(25-17)26-9-15(12(3)28)22-10-26/h5-12,28H,1-4H3,(H,20,21,24,25). The van der Waals surface area contributed by atoms with Gasteiger partial charge in [0.25, 0.3) is 0 Å². The molecule has 0 fully saturated rings. The molecule has 4 aromatic rings. The summed E-state index contributed by atoms with van der Waals surface area (Å²) in [5, 5.41) is 12.9. The number of nitrogens with one attached hydrogen (secondary N) is 1. The maximum atomic E-state index is 9.64. The number of imidazole rings is 2. The van der Waals surface area contributed by atoms with Crippen LogP contribution in [0.3, 0.4) is 0 Å². The normalized spacial score (nSPS) is 12.6. The minimum Gasteiger partial charge on any atom is -0.387 e. The van der Waals surface area contributed by atoms with Crippen molar-refractivity contribution in [2.45, 2.75) is 39.8 Å². The lowest BCUT2D eigenvalue weighted by Gasteiger charge is -2.11. The number of hydrogen-bond donors (Lipinski definition) is 2. The fraction of sp³-hybridized carbons (Fsp3) is 0.316. The molecule has 4 aromatic heterocycles. The lowest BCUT2D eigenvalue weighted by Crippen LogP contribution is -2.04. The molecule has 0 aliphatic rings. The first-order valence-corrected chi connectivity index (χ1v) is 9.09. The SMILES string of the molecule is Cc1nc2cnc(Nc3ccnc(-n4cnc(C(C)O)c4)n3)cc2n1C(C)C. The molecule has 144 valence electrons. The summed E-state index contributed by atoms with van der Waals surface area (Å²) in [5.41, 5.74) is 2.45. The summed E-state index contributed by atoms with van der Waals surface area (Å²) < 4.78 is 3.84. The average Bonchev–Trinajstić information content (AvgIpc) is 3.26. The number of pyridine rings is 1. The highest BCUT2D eigenvalue weighted by Gasteiger charge is 2.12. The molecule has 9 nitrogen and oxygen atoms in total. The average molecular weight is 378 g/mol. The predicted molar refractivity (Wildman–Crippen MR) is 106 cm³/mol. The summed E-state index contributed by atoms with van der Waals surface area (Å²) in [4.78, 5) is 22.0. The van der Waals surface area contributed by atoms with Crippen LogP contribution < -0.4 is 5.32 Å². The summed E-state index contributed by atoms with van der Waals surface area (Å²) in [6.45, 7) is 7.92. The van der Waals surface area contributed by atoms with Gasteiger partial charge in [0, 0.05) is 24.5 Å². The van der Waals surface area contributed by atoms with E-state index in [0.717, 1.165) is 16.9 Å². The molecule has 0 aliphatic carbocycles. The molecule has 0 aliphatic heterocycles. The van der Waals surface area contributed by atoms with Crippen LogP contribution in [0.4, 0.5) is 11.6 Å². The molecule has 4 rings (SSSR count). The van der Waals surface area contributed by atoms with Crippen molar-refractivity contribution in [1.29, 1.82) is 0 Å². The number of aromatic nitrogens is 7. The Kier molecular flexibility index (Phi) is 4.52. The first-order chi connectivity index (χ1) is 13.4. The van der Waals surface area contributed by atoms with Crippen molar-refractivity contribution < 1.29 is 5.11 Å². The Bertz CT molecular complexity index is 1130. The number of aliphatic hydroxyl groups is 1. The number of nitrogens with zero attached hydrogens (tertiary/aromatic N) is 7. The smallest absolute Gasteiger partial charge is 0.236 e. The monoisotopic (exact) mass is 378 g/mol. The number of aryl methyl sites for hydroxylation is 1. The number of aliphatic hydroxyl groups excluding tert-OH is 1. The lowest BCUT2D eigenvalue weighted by molar-refractivity contribution is 0.195. The summed E-state index contributed by atoms with van der Waals surface area (Å²) in [6, 6.07) is 4.04. The topological polar surface area (TPSA) is 107 Å². The Morgan fingerprint density at radius 3 is 2.61 bits per heavy atom. The van der Waals surface area contributed by atoms with Crippen molar-refractivity contribution in [1.82, 2.24) is 34.1 Å². The van der Waals surface area contributed by atoms with Gasteiger partial charge in [-0.2, -0.15) is 4.98 Å². The molecule has 0 radical (unpaired) electrons. The number of anilines is 2. The van der Waals surface area contributed by atoms with Gasteiger partial charge in [0.05, 0.1) is 23.5 Å². The molecule has 2 N–H and O–H groups in total. The number of fused-ring (bicyclic) bond motifs is 1. The molecule has 1 atom stereocenters. The first-order valence-electron chi connectivity index (χ1n) is 9.09. The van der Waals surface area contributed by atoms with Crippen LogP contribution in [0.15, 0.2) is 37.1 Å². The van der Waals surface area contributed by atoms with Gasteiger partial charge < -0.3 is 15.0 Å². The Morgan fingerprint density at radius 1 is 1.07 bits per heavy atom. The van der Waals surface area contributed by atoms with E-state index < -0.39 is 6.10 Å². The second-order valence-electron chi connectivity index (χ2n) is 6.93. The molecule has 4 heterocycles. The minimum atomic E-state index is -0.646. The third kappa shape index (κ3) is 3.31. The molecule has 0 aromatic carbocycles. The molecule has 0 spiro atoms. The maximum Gasteiger partial charge on any atom is 0.236 e. The van der Waals surface area contributed by atoms with Gasteiger partial charge in [-0.1, -0.05) is 0 Å². The number of rotatable bonds is 5. The molecule has 1 unspecified atom stereocenters. The van der Waals surface area contributed by atoms with Gasteiger partial charge in [-0.25, -0.2) is 19.9 Å². The molecule has 9 heteroatoms. The van der Waals surface area contributed by atoms with Crippen molar-refractivity contribution in [2.24, 2.45) is 0 Å². The van der Waals surface area contributed by atoms with Crippen LogP contribution in [0.5, 0.6) is 0 Å². The molecule has 28 heavy (non-hydrogen) atoms. The summed E-state index contributed by atoms with van der Waals surface area (Å²) in [6.07, 6.45) is 6.06. The largest absolute Gasteiger partial charge is 0.387 e. The van der Waals surface area contributed by atoms with Gasteiger partial charge >= 0.3 is 0 Å². The van der Waals surface area contributed by atoms with E-state index in [9.17, 15) is 5.11 Å². The summed E-state index contributed by atoms with van der Waals surface area (Å²) >= 11 is 0. The van der Waals surface area contributed by atoms with Gasteiger partial charge in [0.15, 0.2) is 0 Å². The highest BCUT2D eigenvalue weighted by atomic mass is 16.3. The van der Waals surface area contributed by atoms with E-state index >= 15 is 0 Å². The van der Waals surface area contributed by atoms with Crippen LogP contribution in [0, 0.1) is 6.92 Å². The van der Waals surface area contributed by atoms with Gasteiger partial charge in [0.1, 0.15) is 29.3 Å². The van der Waals surface area contributed by atoms with Gasteiger partial charge in [0.2, 0.25) is 5.95 Å². The maximum absolute atomic E-state index is 9.64. The fourth-order valence-electron chi connectivity index (χ4n) is 3.18. The molecule has 0 bridgehead atoms. The van der Waals surface area contributed by atoms with Gasteiger partial charge in [-0.3, -0.25) is 4.57 Å². The van der Waals surface area contributed by atoms with Crippen molar-refractivity contribution in [3.63, 3.8) is 0 Å². The van der Waals surface area contributed by atoms with Gasteiger partial charge in [-0.15, -0.1) is 0 Å². The van der Waals surface area contributed by atoms with Crippen LogP contribution in [-0.4, -0.2) is 39.2 Å². The molecule has 0 saturated carbocycles. The lowest BCUT2D eigenvalue weighted by atomic mass is 10.3. The van der Waals surface area contributed by atoms with E-state index in [2.05, 4.69) is 48.7 Å². The van der Waals surface area contributed by atoms with E-state index in [-0.39, 0.29) is 0 Å². The van der Waals surface area contributed by atoms with E-state index in [1.54, 1.807) is 42.5 Å². The Hall–Kier alpha value is -3.33. The Balaban J connectivity index is 1.65. The van der Waals surface area contributed by atoms with Crippen molar-refractivity contribution >= 4 is 22.7 Å². The number of hydrogen-bond acceptors (Lipinski definition) is 7. The molecule has 0 amide bonds. The minimum absolute atomic E-state index is 0.301. The fourth-order valence-corrected chi connectivity index (χ4v) is 3.18. The Labute approximate surface area is 162 Å². The van der Waals surface area contributed by atoms with Crippen LogP contribution >= 0.6 is 0 Å². The first kappa shape index (κ1) is 18.1.